The van der Waals surface area contributed by atoms with Gasteiger partial charge in [0.25, 0.3) is 0 Å². The van der Waals surface area contributed by atoms with E-state index < -0.39 is 5.60 Å². The van der Waals surface area contributed by atoms with Gasteiger partial charge in [-0.3, -0.25) is 0 Å². The van der Waals surface area contributed by atoms with Crippen molar-refractivity contribution in [2.45, 2.75) is 25.9 Å². The lowest BCUT2D eigenvalue weighted by molar-refractivity contribution is -0.0949. The van der Waals surface area contributed by atoms with Gasteiger partial charge in [-0.1, -0.05) is 47.4 Å². The molecule has 1 aromatic carbocycles. The molecule has 0 saturated carbocycles. The standard InChI is InChI=1S/C13H17BrClNO/c1-12(2)8-16-7-6-13(12,17)11-9(14)4-3-5-10(11)15/h3-5,16-17H,6-8H2,1-2H3. The van der Waals surface area contributed by atoms with E-state index in [4.69, 9.17) is 11.6 Å². The van der Waals surface area contributed by atoms with Crippen LogP contribution < -0.4 is 5.32 Å². The van der Waals surface area contributed by atoms with Crippen molar-refractivity contribution < 1.29 is 5.11 Å². The van der Waals surface area contributed by atoms with Crippen LogP contribution in [0.25, 0.3) is 0 Å². The van der Waals surface area contributed by atoms with Gasteiger partial charge >= 0.3 is 0 Å². The van der Waals surface area contributed by atoms with Crippen LogP contribution in [0.1, 0.15) is 25.8 Å². The van der Waals surface area contributed by atoms with Crippen LogP contribution in [0.3, 0.4) is 0 Å². The highest BCUT2D eigenvalue weighted by Crippen LogP contribution is 2.48. The number of aliphatic hydroxyl groups is 1. The number of hydrogen-bond acceptors (Lipinski definition) is 2. The van der Waals surface area contributed by atoms with Gasteiger partial charge in [0.05, 0.1) is 5.60 Å². The van der Waals surface area contributed by atoms with Gasteiger partial charge in [0.2, 0.25) is 0 Å². The molecule has 1 atom stereocenters. The summed E-state index contributed by atoms with van der Waals surface area (Å²) in [6, 6.07) is 5.64. The van der Waals surface area contributed by atoms with E-state index in [1.165, 1.54) is 0 Å². The quantitative estimate of drug-likeness (QED) is 0.832. The van der Waals surface area contributed by atoms with Crippen LogP contribution in [0.5, 0.6) is 0 Å². The van der Waals surface area contributed by atoms with Crippen LogP contribution in [-0.4, -0.2) is 18.2 Å². The van der Waals surface area contributed by atoms with Crippen molar-refractivity contribution >= 4 is 27.5 Å². The average Bonchev–Trinajstić information content (AvgIpc) is 2.22. The minimum atomic E-state index is -0.893. The maximum Gasteiger partial charge on any atom is 0.0996 e. The van der Waals surface area contributed by atoms with Gasteiger partial charge in [0.15, 0.2) is 0 Å². The summed E-state index contributed by atoms with van der Waals surface area (Å²) in [5, 5.41) is 15.0. The van der Waals surface area contributed by atoms with E-state index in [1.54, 1.807) is 0 Å². The Morgan fingerprint density at radius 2 is 2.12 bits per heavy atom. The van der Waals surface area contributed by atoms with Gasteiger partial charge in [0, 0.05) is 27.0 Å². The fraction of sp³-hybridized carbons (Fsp3) is 0.538. The molecule has 94 valence electrons. The summed E-state index contributed by atoms with van der Waals surface area (Å²) in [7, 11) is 0. The Bertz CT molecular complexity index is 415. The first-order valence-electron chi connectivity index (χ1n) is 5.76. The Morgan fingerprint density at radius 3 is 2.71 bits per heavy atom. The number of piperidine rings is 1. The Balaban J connectivity index is 2.57. The van der Waals surface area contributed by atoms with E-state index in [0.29, 0.717) is 11.4 Å². The maximum atomic E-state index is 11.1. The lowest BCUT2D eigenvalue weighted by Gasteiger charge is -2.47. The molecule has 2 N–H and O–H groups in total. The molecule has 1 heterocycles. The van der Waals surface area contributed by atoms with E-state index in [9.17, 15) is 5.11 Å². The molecule has 1 unspecified atom stereocenters. The Labute approximate surface area is 115 Å². The first-order chi connectivity index (χ1) is 7.88. The van der Waals surface area contributed by atoms with Gasteiger partial charge in [-0.05, 0) is 25.1 Å². The van der Waals surface area contributed by atoms with Crippen LogP contribution in [0, 0.1) is 5.41 Å². The molecule has 0 aliphatic carbocycles. The molecular formula is C13H17BrClNO. The van der Waals surface area contributed by atoms with Crippen molar-refractivity contribution in [3.8, 4) is 0 Å². The van der Waals surface area contributed by atoms with Gasteiger partial charge in [-0.25, -0.2) is 0 Å². The van der Waals surface area contributed by atoms with Crippen molar-refractivity contribution in [3.63, 3.8) is 0 Å². The molecule has 0 bridgehead atoms. The summed E-state index contributed by atoms with van der Waals surface area (Å²) in [4.78, 5) is 0. The van der Waals surface area contributed by atoms with Crippen molar-refractivity contribution in [3.05, 3.63) is 33.3 Å². The first kappa shape index (κ1) is 13.3. The first-order valence-corrected chi connectivity index (χ1v) is 6.93. The van der Waals surface area contributed by atoms with Crippen molar-refractivity contribution in [1.82, 2.24) is 5.32 Å². The Kier molecular flexibility index (Phi) is 3.56. The molecule has 1 aliphatic heterocycles. The zero-order valence-electron chi connectivity index (χ0n) is 10.1. The summed E-state index contributed by atoms with van der Waals surface area (Å²) in [5.74, 6) is 0. The summed E-state index contributed by atoms with van der Waals surface area (Å²) in [6.07, 6.45) is 0.669. The van der Waals surface area contributed by atoms with Crippen LogP contribution in [0.4, 0.5) is 0 Å². The largest absolute Gasteiger partial charge is 0.384 e. The van der Waals surface area contributed by atoms with Crippen LogP contribution >= 0.6 is 27.5 Å². The highest BCUT2D eigenvalue weighted by molar-refractivity contribution is 9.10. The second-order valence-corrected chi connectivity index (χ2v) is 6.53. The smallest absolute Gasteiger partial charge is 0.0996 e. The number of nitrogens with one attached hydrogen (secondary N) is 1. The van der Waals surface area contributed by atoms with Gasteiger partial charge in [0.1, 0.15) is 0 Å². The maximum absolute atomic E-state index is 11.1. The molecule has 1 fully saturated rings. The predicted octanol–water partition coefficient (Wildman–Crippen LogP) is 3.31. The molecule has 17 heavy (non-hydrogen) atoms. The number of benzene rings is 1. The van der Waals surface area contributed by atoms with Crippen LogP contribution in [0.15, 0.2) is 22.7 Å². The second-order valence-electron chi connectivity index (χ2n) is 5.27. The van der Waals surface area contributed by atoms with Crippen molar-refractivity contribution in [1.29, 1.82) is 0 Å². The third-order valence-corrected chi connectivity index (χ3v) is 4.70. The van der Waals surface area contributed by atoms with Crippen LogP contribution in [0.2, 0.25) is 5.02 Å². The fourth-order valence-electron chi connectivity index (χ4n) is 2.51. The molecule has 2 rings (SSSR count). The normalized spacial score (nSPS) is 28.1. The average molecular weight is 319 g/mol. The zero-order chi connectivity index (χ0) is 12.7. The third-order valence-electron chi connectivity index (χ3n) is 3.73. The third kappa shape index (κ3) is 2.14. The number of rotatable bonds is 1. The Hall–Kier alpha value is -0.0900. The lowest BCUT2D eigenvalue weighted by atomic mass is 9.67. The van der Waals surface area contributed by atoms with Gasteiger partial charge in [-0.15, -0.1) is 0 Å². The molecular weight excluding hydrogens is 302 g/mol. The van der Waals surface area contributed by atoms with Crippen LogP contribution in [-0.2, 0) is 5.60 Å². The monoisotopic (exact) mass is 317 g/mol. The summed E-state index contributed by atoms with van der Waals surface area (Å²) >= 11 is 9.77. The number of hydrogen-bond donors (Lipinski definition) is 2. The summed E-state index contributed by atoms with van der Waals surface area (Å²) in [5.41, 5.74) is -0.332. The van der Waals surface area contributed by atoms with E-state index in [0.717, 1.165) is 23.1 Å². The van der Waals surface area contributed by atoms with E-state index >= 15 is 0 Å². The molecule has 0 radical (unpaired) electrons. The number of halogens is 2. The lowest BCUT2D eigenvalue weighted by Crippen LogP contribution is -2.54. The molecule has 1 aliphatic rings. The minimum Gasteiger partial charge on any atom is -0.384 e. The minimum absolute atomic E-state index is 0.251. The molecule has 0 aromatic heterocycles. The second kappa shape index (κ2) is 4.54. The summed E-state index contributed by atoms with van der Waals surface area (Å²) < 4.78 is 0.877. The van der Waals surface area contributed by atoms with E-state index in [1.807, 2.05) is 18.2 Å². The fourth-order valence-corrected chi connectivity index (χ4v) is 3.65. The van der Waals surface area contributed by atoms with Gasteiger partial charge in [-0.2, -0.15) is 0 Å². The predicted molar refractivity (Wildman–Crippen MR) is 74.3 cm³/mol. The Morgan fingerprint density at radius 1 is 1.41 bits per heavy atom. The highest BCUT2D eigenvalue weighted by Gasteiger charge is 2.48. The van der Waals surface area contributed by atoms with Gasteiger partial charge < -0.3 is 10.4 Å². The van der Waals surface area contributed by atoms with E-state index in [-0.39, 0.29) is 5.41 Å². The summed E-state index contributed by atoms with van der Waals surface area (Å²) in [6.45, 7) is 5.71. The van der Waals surface area contributed by atoms with Crippen molar-refractivity contribution in [2.75, 3.05) is 13.1 Å². The topological polar surface area (TPSA) is 32.3 Å². The van der Waals surface area contributed by atoms with Crippen molar-refractivity contribution in [2.24, 2.45) is 5.41 Å². The molecule has 2 nitrogen and oxygen atoms in total. The zero-order valence-corrected chi connectivity index (χ0v) is 12.4. The molecule has 4 heteroatoms. The SMILES string of the molecule is CC1(C)CNCCC1(O)c1c(Cl)cccc1Br. The molecule has 1 saturated heterocycles. The van der Waals surface area contributed by atoms with E-state index in [2.05, 4.69) is 35.1 Å². The highest BCUT2D eigenvalue weighted by atomic mass is 79.9. The molecule has 0 amide bonds. The molecule has 0 spiro atoms. The molecule has 1 aromatic rings.